The average Bonchev–Trinajstić information content (AvgIpc) is 3.03. The number of benzene rings is 1. The number of aldehydes is 1. The lowest BCUT2D eigenvalue weighted by molar-refractivity contribution is -0.124. The summed E-state index contributed by atoms with van der Waals surface area (Å²) < 4.78 is 5.56. The van der Waals surface area contributed by atoms with Crippen molar-refractivity contribution in [2.45, 2.75) is 32.1 Å². The molecule has 124 valence electrons. The van der Waals surface area contributed by atoms with Crippen LogP contribution in [0, 0.1) is 5.41 Å². The van der Waals surface area contributed by atoms with Gasteiger partial charge in [-0.3, -0.25) is 4.79 Å². The molecule has 2 aliphatic heterocycles. The molecule has 2 aliphatic rings. The normalized spacial score (nSPS) is 18.9. The van der Waals surface area contributed by atoms with Crippen molar-refractivity contribution >= 4 is 17.9 Å². The maximum Gasteiger partial charge on any atom is 0.220 e. The van der Waals surface area contributed by atoms with Gasteiger partial charge in [0.05, 0.1) is 6.61 Å². The molecule has 0 aliphatic carbocycles. The lowest BCUT2D eigenvalue weighted by Crippen LogP contribution is -2.42. The molecule has 0 radical (unpaired) electrons. The molecule has 23 heavy (non-hydrogen) atoms. The van der Waals surface area contributed by atoms with Crippen molar-refractivity contribution < 1.29 is 14.3 Å². The molecule has 3 rings (SSSR count). The fraction of sp³-hybridized carbons (Fsp3) is 0.556. The summed E-state index contributed by atoms with van der Waals surface area (Å²) in [5.74, 6) is 1.02. The van der Waals surface area contributed by atoms with E-state index in [0.29, 0.717) is 12.8 Å². The van der Waals surface area contributed by atoms with E-state index in [0.717, 1.165) is 51.0 Å². The Morgan fingerprint density at radius 3 is 2.87 bits per heavy atom. The number of nitrogens with zero attached hydrogens (tertiary/aromatic N) is 1. The van der Waals surface area contributed by atoms with E-state index in [-0.39, 0.29) is 11.3 Å². The van der Waals surface area contributed by atoms with Crippen LogP contribution in [-0.4, -0.2) is 38.9 Å². The van der Waals surface area contributed by atoms with Crippen LogP contribution in [-0.2, 0) is 16.0 Å². The Hall–Kier alpha value is -2.04. The molecular formula is C18H24N2O3. The number of ether oxygens (including phenoxy) is 1. The van der Waals surface area contributed by atoms with Crippen LogP contribution in [0.15, 0.2) is 18.2 Å². The molecule has 0 spiro atoms. The first-order valence-corrected chi connectivity index (χ1v) is 8.31. The van der Waals surface area contributed by atoms with E-state index in [9.17, 15) is 9.59 Å². The Morgan fingerprint density at radius 2 is 2.17 bits per heavy atom. The Balaban J connectivity index is 1.68. The summed E-state index contributed by atoms with van der Waals surface area (Å²) in [4.78, 5) is 25.2. The molecule has 1 fully saturated rings. The number of nitrogens with one attached hydrogen (secondary N) is 1. The van der Waals surface area contributed by atoms with Gasteiger partial charge in [0.1, 0.15) is 12.0 Å². The minimum absolute atomic E-state index is 0.0231. The summed E-state index contributed by atoms with van der Waals surface area (Å²) >= 11 is 0. The largest absolute Gasteiger partial charge is 0.493 e. The van der Waals surface area contributed by atoms with Gasteiger partial charge in [-0.1, -0.05) is 0 Å². The van der Waals surface area contributed by atoms with Crippen molar-refractivity contribution in [3.8, 4) is 5.75 Å². The zero-order chi connectivity index (χ0) is 16.3. The predicted molar refractivity (Wildman–Crippen MR) is 88.9 cm³/mol. The van der Waals surface area contributed by atoms with Crippen molar-refractivity contribution in [1.29, 1.82) is 0 Å². The molecule has 1 aromatic carbocycles. The summed E-state index contributed by atoms with van der Waals surface area (Å²) in [6.45, 7) is 2.53. The highest BCUT2D eigenvalue weighted by atomic mass is 16.5. The molecule has 0 atom stereocenters. The van der Waals surface area contributed by atoms with Gasteiger partial charge in [0.15, 0.2) is 0 Å². The van der Waals surface area contributed by atoms with Gasteiger partial charge in [0.2, 0.25) is 5.91 Å². The van der Waals surface area contributed by atoms with Gasteiger partial charge >= 0.3 is 0 Å². The van der Waals surface area contributed by atoms with E-state index < -0.39 is 0 Å². The number of amides is 1. The maximum absolute atomic E-state index is 11.8. The maximum atomic E-state index is 11.8. The van der Waals surface area contributed by atoms with Crippen molar-refractivity contribution in [1.82, 2.24) is 5.32 Å². The minimum Gasteiger partial charge on any atom is -0.493 e. The SMILES string of the molecule is CNC(=O)CC1(CC=O)CCN(c2ccc3c(c2)CCO3)CC1. The third-order valence-corrected chi connectivity index (χ3v) is 5.19. The van der Waals surface area contributed by atoms with Crippen LogP contribution >= 0.6 is 0 Å². The lowest BCUT2D eigenvalue weighted by Gasteiger charge is -2.41. The molecular weight excluding hydrogens is 292 g/mol. The van der Waals surface area contributed by atoms with E-state index in [1.807, 2.05) is 0 Å². The first kappa shape index (κ1) is 15.8. The van der Waals surface area contributed by atoms with Gasteiger partial charge < -0.3 is 19.7 Å². The highest BCUT2D eigenvalue weighted by Crippen LogP contribution is 2.40. The van der Waals surface area contributed by atoms with Crippen molar-refractivity contribution in [2.24, 2.45) is 5.41 Å². The number of rotatable bonds is 5. The van der Waals surface area contributed by atoms with E-state index >= 15 is 0 Å². The number of carbonyl (C=O) groups excluding carboxylic acids is 2. The molecule has 1 amide bonds. The molecule has 1 N–H and O–H groups in total. The fourth-order valence-corrected chi connectivity index (χ4v) is 3.67. The van der Waals surface area contributed by atoms with Gasteiger partial charge in [0, 0.05) is 45.1 Å². The first-order chi connectivity index (χ1) is 11.2. The quantitative estimate of drug-likeness (QED) is 0.843. The van der Waals surface area contributed by atoms with E-state index in [1.54, 1.807) is 7.05 Å². The number of piperidine rings is 1. The van der Waals surface area contributed by atoms with Crippen LogP contribution in [0.5, 0.6) is 5.75 Å². The highest BCUT2D eigenvalue weighted by Gasteiger charge is 2.36. The summed E-state index contributed by atoms with van der Waals surface area (Å²) in [6.07, 6.45) is 4.58. The second-order valence-corrected chi connectivity index (χ2v) is 6.60. The van der Waals surface area contributed by atoms with Crippen molar-refractivity contribution in [3.05, 3.63) is 23.8 Å². The minimum atomic E-state index is -0.182. The monoisotopic (exact) mass is 316 g/mol. The van der Waals surface area contributed by atoms with E-state index in [4.69, 9.17) is 4.74 Å². The third-order valence-electron chi connectivity index (χ3n) is 5.19. The van der Waals surface area contributed by atoms with Crippen LogP contribution in [0.2, 0.25) is 0 Å². The number of anilines is 1. The molecule has 1 aromatic rings. The third kappa shape index (κ3) is 3.33. The Kier molecular flexibility index (Phi) is 4.55. The standard InChI is InChI=1S/C18H24N2O3/c1-19-17(22)13-18(7-10-21)5-8-20(9-6-18)15-2-3-16-14(12-15)4-11-23-16/h2-3,10,12H,4-9,11,13H2,1H3,(H,19,22). The summed E-state index contributed by atoms with van der Waals surface area (Å²) in [5, 5.41) is 2.68. The van der Waals surface area contributed by atoms with Crippen LogP contribution in [0.4, 0.5) is 5.69 Å². The zero-order valence-corrected chi connectivity index (χ0v) is 13.6. The molecule has 0 unspecified atom stereocenters. The van der Waals surface area contributed by atoms with Gasteiger partial charge in [-0.25, -0.2) is 0 Å². The molecule has 2 heterocycles. The highest BCUT2D eigenvalue weighted by molar-refractivity contribution is 5.77. The van der Waals surface area contributed by atoms with Gasteiger partial charge in [0.25, 0.3) is 0 Å². The summed E-state index contributed by atoms with van der Waals surface area (Å²) in [5.41, 5.74) is 2.31. The predicted octanol–water partition coefficient (Wildman–Crippen LogP) is 1.93. The van der Waals surface area contributed by atoms with E-state index in [1.165, 1.54) is 11.3 Å². The van der Waals surface area contributed by atoms with Gasteiger partial charge in [-0.05, 0) is 42.0 Å². The zero-order valence-electron chi connectivity index (χ0n) is 13.6. The number of fused-ring (bicyclic) bond motifs is 1. The molecule has 0 bridgehead atoms. The van der Waals surface area contributed by atoms with Crippen molar-refractivity contribution in [2.75, 3.05) is 31.6 Å². The Bertz CT molecular complexity index is 592. The van der Waals surface area contributed by atoms with Crippen LogP contribution in [0.1, 0.15) is 31.2 Å². The second-order valence-electron chi connectivity index (χ2n) is 6.60. The summed E-state index contributed by atoms with van der Waals surface area (Å²) in [7, 11) is 1.65. The lowest BCUT2D eigenvalue weighted by atomic mass is 9.73. The van der Waals surface area contributed by atoms with Crippen LogP contribution < -0.4 is 15.0 Å². The topological polar surface area (TPSA) is 58.6 Å². The Labute approximate surface area is 137 Å². The first-order valence-electron chi connectivity index (χ1n) is 8.31. The fourth-order valence-electron chi connectivity index (χ4n) is 3.67. The van der Waals surface area contributed by atoms with Crippen molar-refractivity contribution in [3.63, 3.8) is 0 Å². The Morgan fingerprint density at radius 1 is 1.39 bits per heavy atom. The van der Waals surface area contributed by atoms with Gasteiger partial charge in [-0.15, -0.1) is 0 Å². The van der Waals surface area contributed by atoms with E-state index in [2.05, 4.69) is 28.4 Å². The molecule has 1 saturated heterocycles. The van der Waals surface area contributed by atoms with Gasteiger partial charge in [-0.2, -0.15) is 0 Å². The molecule has 5 heteroatoms. The van der Waals surface area contributed by atoms with Crippen LogP contribution in [0.3, 0.4) is 0 Å². The number of hydrogen-bond acceptors (Lipinski definition) is 4. The number of carbonyl (C=O) groups is 2. The number of hydrogen-bond donors (Lipinski definition) is 1. The average molecular weight is 316 g/mol. The smallest absolute Gasteiger partial charge is 0.220 e. The molecule has 0 aromatic heterocycles. The van der Waals surface area contributed by atoms with Crippen LogP contribution in [0.25, 0.3) is 0 Å². The second kappa shape index (κ2) is 6.60. The molecule has 5 nitrogen and oxygen atoms in total. The molecule has 0 saturated carbocycles. The summed E-state index contributed by atoms with van der Waals surface area (Å²) in [6, 6.07) is 6.37.